The number of amides is 3. The summed E-state index contributed by atoms with van der Waals surface area (Å²) < 4.78 is 16.1. The second-order valence-electron chi connectivity index (χ2n) is 8.63. The van der Waals surface area contributed by atoms with E-state index in [1.807, 2.05) is 42.5 Å². The number of hydrogen-bond donors (Lipinski definition) is 2. The fourth-order valence-corrected chi connectivity index (χ4v) is 4.50. The maximum absolute atomic E-state index is 13.4. The molecule has 3 aromatic carbocycles. The zero-order valence-electron chi connectivity index (χ0n) is 20.7. The molecule has 0 bridgehead atoms. The van der Waals surface area contributed by atoms with E-state index in [4.69, 9.17) is 14.2 Å². The summed E-state index contributed by atoms with van der Waals surface area (Å²) >= 11 is 0. The lowest BCUT2D eigenvalue weighted by Crippen LogP contribution is -2.48. The van der Waals surface area contributed by atoms with Gasteiger partial charge in [-0.1, -0.05) is 42.5 Å². The molecule has 8 nitrogen and oxygen atoms in total. The molecule has 3 aromatic rings. The molecule has 1 aliphatic heterocycles. The molecule has 8 heteroatoms. The number of urea groups is 1. The van der Waals surface area contributed by atoms with Crippen molar-refractivity contribution in [3.8, 4) is 17.2 Å². The molecule has 0 aromatic heterocycles. The number of methoxy groups -OCH3 is 3. The van der Waals surface area contributed by atoms with Crippen LogP contribution in [-0.2, 0) is 4.79 Å². The average Bonchev–Trinajstić information content (AvgIpc) is 2.93. The molecule has 2 unspecified atom stereocenters. The summed E-state index contributed by atoms with van der Waals surface area (Å²) in [6.45, 7) is 0.787. The number of carbonyl (C=O) groups is 2. The third-order valence-electron chi connectivity index (χ3n) is 6.39. The molecular formula is C28H31N3O5. The first-order valence-corrected chi connectivity index (χ1v) is 11.8. The average molecular weight is 490 g/mol. The van der Waals surface area contributed by atoms with Crippen LogP contribution in [0.15, 0.2) is 72.8 Å². The van der Waals surface area contributed by atoms with E-state index < -0.39 is 5.92 Å². The van der Waals surface area contributed by atoms with E-state index in [0.29, 0.717) is 41.6 Å². The van der Waals surface area contributed by atoms with Crippen molar-refractivity contribution in [2.24, 2.45) is 5.92 Å². The van der Waals surface area contributed by atoms with E-state index in [1.165, 1.54) is 0 Å². The Morgan fingerprint density at radius 3 is 2.19 bits per heavy atom. The van der Waals surface area contributed by atoms with Crippen molar-refractivity contribution in [1.82, 2.24) is 4.90 Å². The fourth-order valence-electron chi connectivity index (χ4n) is 4.50. The van der Waals surface area contributed by atoms with Gasteiger partial charge in [-0.05, 0) is 36.2 Å². The number of anilines is 2. The van der Waals surface area contributed by atoms with E-state index in [0.717, 1.165) is 5.56 Å². The van der Waals surface area contributed by atoms with Crippen molar-refractivity contribution in [3.63, 3.8) is 0 Å². The molecule has 0 spiro atoms. The van der Waals surface area contributed by atoms with Crippen LogP contribution in [0.5, 0.6) is 17.2 Å². The number of benzene rings is 3. The molecule has 0 saturated carbocycles. The Labute approximate surface area is 211 Å². The Morgan fingerprint density at radius 1 is 0.778 bits per heavy atom. The molecule has 1 heterocycles. The summed E-state index contributed by atoms with van der Waals surface area (Å²) in [4.78, 5) is 28.4. The van der Waals surface area contributed by atoms with Crippen LogP contribution in [0.25, 0.3) is 0 Å². The maximum atomic E-state index is 13.4. The number of nitrogens with zero attached hydrogens (tertiary/aromatic N) is 1. The van der Waals surface area contributed by atoms with Crippen LogP contribution in [0, 0.1) is 5.92 Å². The van der Waals surface area contributed by atoms with Gasteiger partial charge >= 0.3 is 6.03 Å². The van der Waals surface area contributed by atoms with Gasteiger partial charge < -0.3 is 29.7 Å². The molecule has 3 amide bonds. The summed E-state index contributed by atoms with van der Waals surface area (Å²) in [5.41, 5.74) is 2.22. The van der Waals surface area contributed by atoms with E-state index >= 15 is 0 Å². The van der Waals surface area contributed by atoms with Gasteiger partial charge in [-0.2, -0.15) is 0 Å². The minimum Gasteiger partial charge on any atom is -0.497 e. The van der Waals surface area contributed by atoms with Crippen LogP contribution in [0.1, 0.15) is 17.9 Å². The fraction of sp³-hybridized carbons (Fsp3) is 0.286. The quantitative estimate of drug-likeness (QED) is 0.488. The number of piperidine rings is 1. The normalized spacial score (nSPS) is 17.1. The highest BCUT2D eigenvalue weighted by molar-refractivity contribution is 5.96. The van der Waals surface area contributed by atoms with Gasteiger partial charge in [0.05, 0.1) is 38.6 Å². The van der Waals surface area contributed by atoms with Gasteiger partial charge in [0.1, 0.15) is 17.2 Å². The summed E-state index contributed by atoms with van der Waals surface area (Å²) in [6, 6.07) is 22.2. The molecule has 1 aliphatic rings. The Balaban J connectivity index is 1.55. The van der Waals surface area contributed by atoms with Crippen molar-refractivity contribution in [3.05, 3.63) is 78.4 Å². The largest absolute Gasteiger partial charge is 0.497 e. The summed E-state index contributed by atoms with van der Waals surface area (Å²) in [5, 5.41) is 5.92. The number of nitrogens with one attached hydrogen (secondary N) is 2. The summed E-state index contributed by atoms with van der Waals surface area (Å²) in [6.07, 6.45) is 0.618. The molecule has 36 heavy (non-hydrogen) atoms. The highest BCUT2D eigenvalue weighted by atomic mass is 16.5. The topological polar surface area (TPSA) is 89.1 Å². The zero-order chi connectivity index (χ0) is 25.5. The van der Waals surface area contributed by atoms with Gasteiger partial charge in [-0.25, -0.2) is 4.79 Å². The number of rotatable bonds is 7. The molecule has 0 radical (unpaired) electrons. The molecular weight excluding hydrogens is 458 g/mol. The first-order chi connectivity index (χ1) is 17.5. The summed E-state index contributed by atoms with van der Waals surface area (Å²) in [5.74, 6) is 1.13. The van der Waals surface area contributed by atoms with Crippen molar-refractivity contribution in [2.45, 2.75) is 12.3 Å². The Hall–Kier alpha value is -4.20. The van der Waals surface area contributed by atoms with Gasteiger partial charge in [0.2, 0.25) is 5.91 Å². The lowest BCUT2D eigenvalue weighted by Gasteiger charge is -2.37. The van der Waals surface area contributed by atoms with Gasteiger partial charge in [0.25, 0.3) is 0 Å². The Bertz CT molecular complexity index is 1200. The molecule has 1 fully saturated rings. The molecule has 1 saturated heterocycles. The minimum absolute atomic E-state index is 0.0110. The number of likely N-dealkylation sites (tertiary alicyclic amines) is 1. The molecule has 4 rings (SSSR count). The third kappa shape index (κ3) is 5.71. The monoisotopic (exact) mass is 489 g/mol. The van der Waals surface area contributed by atoms with E-state index in [-0.39, 0.29) is 24.4 Å². The first kappa shape index (κ1) is 24.9. The highest BCUT2D eigenvalue weighted by Gasteiger charge is 2.35. The molecule has 2 atom stereocenters. The third-order valence-corrected chi connectivity index (χ3v) is 6.39. The van der Waals surface area contributed by atoms with E-state index in [2.05, 4.69) is 10.6 Å². The van der Waals surface area contributed by atoms with Crippen LogP contribution in [0.2, 0.25) is 0 Å². The van der Waals surface area contributed by atoms with E-state index in [9.17, 15) is 9.59 Å². The number of ether oxygens (including phenoxy) is 3. The van der Waals surface area contributed by atoms with Crippen LogP contribution in [0.4, 0.5) is 16.2 Å². The Morgan fingerprint density at radius 2 is 1.47 bits per heavy atom. The number of para-hydroxylation sites is 2. The maximum Gasteiger partial charge on any atom is 0.321 e. The predicted molar refractivity (Wildman–Crippen MR) is 139 cm³/mol. The highest BCUT2D eigenvalue weighted by Crippen LogP contribution is 2.34. The van der Waals surface area contributed by atoms with Gasteiger partial charge in [-0.3, -0.25) is 4.79 Å². The SMILES string of the molecule is COc1ccc(NC(=O)C2CC(c3ccccc3)CN(C(=O)Nc3ccccc3OC)C2)c(OC)c1. The number of hydrogen-bond acceptors (Lipinski definition) is 5. The Kier molecular flexibility index (Phi) is 7.95. The molecule has 0 aliphatic carbocycles. The second kappa shape index (κ2) is 11.5. The lowest BCUT2D eigenvalue weighted by molar-refractivity contribution is -0.121. The smallest absolute Gasteiger partial charge is 0.321 e. The zero-order valence-corrected chi connectivity index (χ0v) is 20.7. The van der Waals surface area contributed by atoms with Crippen LogP contribution < -0.4 is 24.8 Å². The van der Waals surface area contributed by atoms with Crippen LogP contribution in [-0.4, -0.2) is 51.3 Å². The van der Waals surface area contributed by atoms with Crippen molar-refractivity contribution in [1.29, 1.82) is 0 Å². The number of carbonyl (C=O) groups excluding carboxylic acids is 2. The van der Waals surface area contributed by atoms with Crippen LogP contribution in [0.3, 0.4) is 0 Å². The van der Waals surface area contributed by atoms with Crippen LogP contribution >= 0.6 is 0 Å². The first-order valence-electron chi connectivity index (χ1n) is 11.8. The van der Waals surface area contributed by atoms with E-state index in [1.54, 1.807) is 56.6 Å². The molecule has 188 valence electrons. The second-order valence-corrected chi connectivity index (χ2v) is 8.63. The van der Waals surface area contributed by atoms with Gasteiger partial charge in [0.15, 0.2) is 0 Å². The standard InChI is InChI=1S/C28H31N3O5/c1-34-22-13-14-24(26(16-22)36-3)29-27(32)21-15-20(19-9-5-4-6-10-19)17-31(18-21)28(33)30-23-11-7-8-12-25(23)35-2/h4-14,16,20-21H,15,17-18H2,1-3H3,(H,29,32)(H,30,33). The minimum atomic E-state index is -0.417. The van der Waals surface area contributed by atoms with Gasteiger partial charge in [-0.15, -0.1) is 0 Å². The van der Waals surface area contributed by atoms with Crippen molar-refractivity contribution < 1.29 is 23.8 Å². The van der Waals surface area contributed by atoms with Crippen molar-refractivity contribution >= 4 is 23.3 Å². The molecule has 2 N–H and O–H groups in total. The predicted octanol–water partition coefficient (Wildman–Crippen LogP) is 4.99. The van der Waals surface area contributed by atoms with Crippen molar-refractivity contribution in [2.75, 3.05) is 45.1 Å². The lowest BCUT2D eigenvalue weighted by atomic mass is 9.84. The van der Waals surface area contributed by atoms with Gasteiger partial charge in [0, 0.05) is 25.1 Å². The summed E-state index contributed by atoms with van der Waals surface area (Å²) in [7, 11) is 4.68.